The highest BCUT2D eigenvalue weighted by Gasteiger charge is 2.24. The van der Waals surface area contributed by atoms with Gasteiger partial charge in [0.2, 0.25) is 0 Å². The van der Waals surface area contributed by atoms with Gasteiger partial charge in [-0.1, -0.05) is 19.1 Å². The number of nitrogens with one attached hydrogen (secondary N) is 1. The standard InChI is InChI=1S/C13H19N3S2/c1-2-18-11-5-3-9(7-11)16-10-4-6-12(13(14)17)15-8-10/h4,6,8-9,11,16H,2-3,5,7H2,1H3,(H2,14,17). The van der Waals surface area contributed by atoms with Crippen molar-refractivity contribution >= 4 is 34.7 Å². The summed E-state index contributed by atoms with van der Waals surface area (Å²) < 4.78 is 0. The van der Waals surface area contributed by atoms with E-state index in [4.69, 9.17) is 18.0 Å². The minimum Gasteiger partial charge on any atom is -0.388 e. The Labute approximate surface area is 118 Å². The maximum atomic E-state index is 5.52. The fourth-order valence-electron chi connectivity index (χ4n) is 2.32. The summed E-state index contributed by atoms with van der Waals surface area (Å²) in [5.74, 6) is 1.21. The van der Waals surface area contributed by atoms with Crippen LogP contribution in [0.1, 0.15) is 31.9 Å². The Hall–Kier alpha value is -0.810. The Morgan fingerprint density at radius 2 is 2.39 bits per heavy atom. The molecule has 1 aromatic rings. The molecule has 98 valence electrons. The zero-order valence-electron chi connectivity index (χ0n) is 10.6. The van der Waals surface area contributed by atoms with Gasteiger partial charge in [-0.05, 0) is 37.1 Å². The molecule has 3 nitrogen and oxygen atoms in total. The number of rotatable bonds is 5. The van der Waals surface area contributed by atoms with Crippen LogP contribution >= 0.6 is 24.0 Å². The molecule has 0 spiro atoms. The van der Waals surface area contributed by atoms with E-state index in [1.807, 2.05) is 18.3 Å². The van der Waals surface area contributed by atoms with Gasteiger partial charge in [-0.25, -0.2) is 0 Å². The number of thiocarbonyl (C=S) groups is 1. The molecule has 1 saturated carbocycles. The predicted octanol–water partition coefficient (Wildman–Crippen LogP) is 2.80. The minimum atomic E-state index is 0.349. The van der Waals surface area contributed by atoms with Gasteiger partial charge in [0.15, 0.2) is 0 Å². The predicted molar refractivity (Wildman–Crippen MR) is 83.3 cm³/mol. The van der Waals surface area contributed by atoms with Crippen LogP contribution in [-0.4, -0.2) is 27.0 Å². The smallest absolute Gasteiger partial charge is 0.122 e. The van der Waals surface area contributed by atoms with Crippen molar-refractivity contribution in [1.82, 2.24) is 4.98 Å². The second kappa shape index (κ2) is 6.38. The third kappa shape index (κ3) is 3.59. The van der Waals surface area contributed by atoms with Crippen LogP contribution in [-0.2, 0) is 0 Å². The molecule has 1 fully saturated rings. The first-order chi connectivity index (χ1) is 8.69. The molecule has 0 amide bonds. The molecule has 1 aromatic heterocycles. The van der Waals surface area contributed by atoms with Crippen LogP contribution in [0, 0.1) is 0 Å². The average molecular weight is 281 g/mol. The topological polar surface area (TPSA) is 50.9 Å². The first kappa shape index (κ1) is 13.6. The van der Waals surface area contributed by atoms with E-state index < -0.39 is 0 Å². The quantitative estimate of drug-likeness (QED) is 0.813. The number of aromatic nitrogens is 1. The number of hydrogen-bond donors (Lipinski definition) is 2. The molecule has 1 aliphatic carbocycles. The first-order valence-corrected chi connectivity index (χ1v) is 7.78. The van der Waals surface area contributed by atoms with Crippen molar-refractivity contribution in [3.8, 4) is 0 Å². The fraction of sp³-hybridized carbons (Fsp3) is 0.538. The van der Waals surface area contributed by atoms with E-state index in [-0.39, 0.29) is 0 Å². The molecule has 18 heavy (non-hydrogen) atoms. The number of anilines is 1. The summed E-state index contributed by atoms with van der Waals surface area (Å²) in [5, 5.41) is 4.35. The van der Waals surface area contributed by atoms with Crippen molar-refractivity contribution in [3.63, 3.8) is 0 Å². The van der Waals surface area contributed by atoms with Crippen molar-refractivity contribution in [1.29, 1.82) is 0 Å². The molecule has 2 unspecified atom stereocenters. The highest BCUT2D eigenvalue weighted by atomic mass is 32.2. The Morgan fingerprint density at radius 1 is 1.56 bits per heavy atom. The number of hydrogen-bond acceptors (Lipinski definition) is 4. The second-order valence-corrected chi connectivity index (χ2v) is 6.55. The van der Waals surface area contributed by atoms with E-state index in [0.717, 1.165) is 10.9 Å². The maximum absolute atomic E-state index is 5.52. The molecule has 3 N–H and O–H groups in total. The molecular formula is C13H19N3S2. The lowest BCUT2D eigenvalue weighted by Crippen LogP contribution is -2.17. The lowest BCUT2D eigenvalue weighted by atomic mass is 10.2. The van der Waals surface area contributed by atoms with Gasteiger partial charge in [0.05, 0.1) is 17.6 Å². The molecule has 2 rings (SSSR count). The third-order valence-electron chi connectivity index (χ3n) is 3.17. The summed E-state index contributed by atoms with van der Waals surface area (Å²) >= 11 is 6.96. The van der Waals surface area contributed by atoms with Gasteiger partial charge >= 0.3 is 0 Å². The fourth-order valence-corrected chi connectivity index (χ4v) is 3.58. The van der Waals surface area contributed by atoms with Crippen LogP contribution < -0.4 is 11.1 Å². The number of nitrogens with two attached hydrogens (primary N) is 1. The van der Waals surface area contributed by atoms with E-state index in [1.165, 1.54) is 25.0 Å². The first-order valence-electron chi connectivity index (χ1n) is 6.33. The Morgan fingerprint density at radius 3 is 3.00 bits per heavy atom. The maximum Gasteiger partial charge on any atom is 0.122 e. The molecule has 5 heteroatoms. The second-order valence-electron chi connectivity index (χ2n) is 4.53. The van der Waals surface area contributed by atoms with Gasteiger partial charge in [-0.3, -0.25) is 4.98 Å². The Balaban J connectivity index is 1.88. The van der Waals surface area contributed by atoms with E-state index >= 15 is 0 Å². The zero-order chi connectivity index (χ0) is 13.0. The van der Waals surface area contributed by atoms with Crippen molar-refractivity contribution in [2.75, 3.05) is 11.1 Å². The van der Waals surface area contributed by atoms with Crippen LogP contribution in [0.25, 0.3) is 0 Å². The summed E-state index contributed by atoms with van der Waals surface area (Å²) in [6, 6.07) is 4.45. The molecule has 1 heterocycles. The Kier molecular flexibility index (Phi) is 4.83. The number of nitrogens with zero attached hydrogens (tertiary/aromatic N) is 1. The van der Waals surface area contributed by atoms with Gasteiger partial charge in [0.25, 0.3) is 0 Å². The molecular weight excluding hydrogens is 262 g/mol. The highest BCUT2D eigenvalue weighted by Crippen LogP contribution is 2.31. The summed E-state index contributed by atoms with van der Waals surface area (Å²) in [7, 11) is 0. The third-order valence-corrected chi connectivity index (χ3v) is 4.62. The molecule has 1 aliphatic rings. The largest absolute Gasteiger partial charge is 0.388 e. The van der Waals surface area contributed by atoms with Crippen molar-refractivity contribution < 1.29 is 0 Å². The summed E-state index contributed by atoms with van der Waals surface area (Å²) in [6.45, 7) is 2.23. The van der Waals surface area contributed by atoms with Crippen LogP contribution in [0.15, 0.2) is 18.3 Å². The van der Waals surface area contributed by atoms with E-state index in [9.17, 15) is 0 Å². The van der Waals surface area contributed by atoms with Crippen molar-refractivity contribution in [2.24, 2.45) is 5.73 Å². The number of pyridine rings is 1. The van der Waals surface area contributed by atoms with Crippen LogP contribution in [0.5, 0.6) is 0 Å². The molecule has 0 aliphatic heterocycles. The van der Waals surface area contributed by atoms with Crippen LogP contribution in [0.2, 0.25) is 0 Å². The van der Waals surface area contributed by atoms with E-state index in [2.05, 4.69) is 29.0 Å². The molecule has 0 bridgehead atoms. The summed E-state index contributed by atoms with van der Waals surface area (Å²) in [5.41, 5.74) is 7.26. The summed E-state index contributed by atoms with van der Waals surface area (Å²) in [6.07, 6.45) is 5.62. The van der Waals surface area contributed by atoms with Crippen LogP contribution in [0.3, 0.4) is 0 Å². The molecule has 0 radical (unpaired) electrons. The van der Waals surface area contributed by atoms with Gasteiger partial charge in [0, 0.05) is 11.3 Å². The Bertz CT molecular complexity index is 405. The lowest BCUT2D eigenvalue weighted by molar-refractivity contribution is 0.756. The average Bonchev–Trinajstić information content (AvgIpc) is 2.78. The van der Waals surface area contributed by atoms with Crippen molar-refractivity contribution in [2.45, 2.75) is 37.5 Å². The monoisotopic (exact) mass is 281 g/mol. The van der Waals surface area contributed by atoms with Gasteiger partial charge in [-0.2, -0.15) is 11.8 Å². The number of thioether (sulfide) groups is 1. The van der Waals surface area contributed by atoms with E-state index in [0.29, 0.717) is 16.7 Å². The van der Waals surface area contributed by atoms with E-state index in [1.54, 1.807) is 0 Å². The lowest BCUT2D eigenvalue weighted by Gasteiger charge is -2.14. The highest BCUT2D eigenvalue weighted by molar-refractivity contribution is 7.99. The SMILES string of the molecule is CCSC1CCC(Nc2ccc(C(N)=S)nc2)C1. The van der Waals surface area contributed by atoms with Crippen LogP contribution in [0.4, 0.5) is 5.69 Å². The summed E-state index contributed by atoms with van der Waals surface area (Å²) in [4.78, 5) is 4.59. The molecule has 2 atom stereocenters. The van der Waals surface area contributed by atoms with Gasteiger partial charge in [0.1, 0.15) is 4.99 Å². The molecule has 0 aromatic carbocycles. The zero-order valence-corrected chi connectivity index (χ0v) is 12.2. The minimum absolute atomic E-state index is 0.349. The molecule has 0 saturated heterocycles. The van der Waals surface area contributed by atoms with Gasteiger partial charge in [-0.15, -0.1) is 0 Å². The normalized spacial score (nSPS) is 22.9. The van der Waals surface area contributed by atoms with Crippen molar-refractivity contribution in [3.05, 3.63) is 24.0 Å². The van der Waals surface area contributed by atoms with Gasteiger partial charge < -0.3 is 11.1 Å².